The predicted octanol–water partition coefficient (Wildman–Crippen LogP) is 3.82. The van der Waals surface area contributed by atoms with E-state index in [4.69, 9.17) is 4.74 Å². The molecule has 2 nitrogen and oxygen atoms in total. The third-order valence-electron chi connectivity index (χ3n) is 3.01. The van der Waals surface area contributed by atoms with Gasteiger partial charge in [0.15, 0.2) is 0 Å². The number of phenols is 1. The number of hydrogen-bond donors (Lipinski definition) is 1. The van der Waals surface area contributed by atoms with Crippen LogP contribution in [0.3, 0.4) is 0 Å². The average Bonchev–Trinajstić information content (AvgIpc) is 2.35. The van der Waals surface area contributed by atoms with Gasteiger partial charge in [0.05, 0.1) is 7.11 Å². The summed E-state index contributed by atoms with van der Waals surface area (Å²) in [4.78, 5) is 0. The molecule has 0 spiro atoms. The number of halogens is 1. The average molecular weight is 246 g/mol. The van der Waals surface area contributed by atoms with Crippen LogP contribution >= 0.6 is 0 Å². The molecule has 94 valence electrons. The molecule has 0 bridgehead atoms. The third-order valence-corrected chi connectivity index (χ3v) is 3.01. The maximum Gasteiger partial charge on any atom is 0.131 e. The van der Waals surface area contributed by atoms with Crippen LogP contribution in [0.5, 0.6) is 11.5 Å². The summed E-state index contributed by atoms with van der Waals surface area (Å²) >= 11 is 0. The number of phenolic OH excluding ortho intramolecular Hbond substituents is 1. The highest BCUT2D eigenvalue weighted by molar-refractivity contribution is 5.71. The first kappa shape index (κ1) is 12.4. The summed E-state index contributed by atoms with van der Waals surface area (Å²) in [6.07, 6.45) is 0. The van der Waals surface area contributed by atoms with E-state index < -0.39 is 0 Å². The van der Waals surface area contributed by atoms with Gasteiger partial charge in [0.25, 0.3) is 0 Å². The van der Waals surface area contributed by atoms with Gasteiger partial charge in [-0.2, -0.15) is 0 Å². The van der Waals surface area contributed by atoms with E-state index >= 15 is 0 Å². The van der Waals surface area contributed by atoms with E-state index in [2.05, 4.69) is 0 Å². The summed E-state index contributed by atoms with van der Waals surface area (Å²) in [6, 6.07) is 8.05. The molecular weight excluding hydrogens is 231 g/mol. The molecule has 0 aliphatic carbocycles. The lowest BCUT2D eigenvalue weighted by Crippen LogP contribution is -1.91. The number of aromatic hydroxyl groups is 1. The molecule has 0 aliphatic heterocycles. The Bertz CT molecular complexity index is 591. The van der Waals surface area contributed by atoms with E-state index in [9.17, 15) is 9.50 Å². The highest BCUT2D eigenvalue weighted by Gasteiger charge is 2.11. The highest BCUT2D eigenvalue weighted by atomic mass is 19.1. The van der Waals surface area contributed by atoms with Crippen LogP contribution < -0.4 is 4.74 Å². The topological polar surface area (TPSA) is 29.5 Å². The van der Waals surface area contributed by atoms with E-state index in [1.807, 2.05) is 6.92 Å². The van der Waals surface area contributed by atoms with Gasteiger partial charge in [-0.15, -0.1) is 0 Å². The molecular formula is C15H15FO2. The van der Waals surface area contributed by atoms with Crippen molar-refractivity contribution in [3.8, 4) is 22.6 Å². The summed E-state index contributed by atoms with van der Waals surface area (Å²) in [5.41, 5.74) is 2.79. The van der Waals surface area contributed by atoms with Gasteiger partial charge in [-0.05, 0) is 60.9 Å². The Morgan fingerprint density at radius 1 is 1.00 bits per heavy atom. The first-order valence-electron chi connectivity index (χ1n) is 5.67. The maximum atomic E-state index is 13.9. The van der Waals surface area contributed by atoms with E-state index in [1.165, 1.54) is 6.07 Å². The molecule has 0 saturated heterocycles. The number of hydrogen-bond acceptors (Lipinski definition) is 2. The second-order valence-electron chi connectivity index (χ2n) is 4.30. The zero-order valence-corrected chi connectivity index (χ0v) is 10.6. The first-order valence-corrected chi connectivity index (χ1v) is 5.67. The lowest BCUT2D eigenvalue weighted by molar-refractivity contribution is 0.414. The van der Waals surface area contributed by atoms with Crippen molar-refractivity contribution >= 4 is 0 Å². The quantitative estimate of drug-likeness (QED) is 0.872. The van der Waals surface area contributed by atoms with Gasteiger partial charge >= 0.3 is 0 Å². The van der Waals surface area contributed by atoms with Crippen LogP contribution in [0.1, 0.15) is 11.1 Å². The summed E-state index contributed by atoms with van der Waals surface area (Å²) in [6.45, 7) is 3.63. The van der Waals surface area contributed by atoms with Crippen LogP contribution in [-0.2, 0) is 0 Å². The SMILES string of the molecule is COc1ccc(F)c(-c2cc(C)c(O)cc2C)c1. The molecule has 0 atom stereocenters. The Morgan fingerprint density at radius 3 is 2.39 bits per heavy atom. The van der Waals surface area contributed by atoms with E-state index in [1.54, 1.807) is 38.3 Å². The summed E-state index contributed by atoms with van der Waals surface area (Å²) in [5, 5.41) is 9.62. The van der Waals surface area contributed by atoms with E-state index in [-0.39, 0.29) is 11.6 Å². The minimum Gasteiger partial charge on any atom is -0.508 e. The van der Waals surface area contributed by atoms with Crippen molar-refractivity contribution < 1.29 is 14.2 Å². The van der Waals surface area contributed by atoms with Crippen LogP contribution in [-0.4, -0.2) is 12.2 Å². The Morgan fingerprint density at radius 2 is 1.72 bits per heavy atom. The highest BCUT2D eigenvalue weighted by Crippen LogP contribution is 2.33. The van der Waals surface area contributed by atoms with Crippen molar-refractivity contribution in [1.29, 1.82) is 0 Å². The molecule has 2 rings (SSSR count). The summed E-state index contributed by atoms with van der Waals surface area (Å²) < 4.78 is 19.0. The van der Waals surface area contributed by atoms with Crippen LogP contribution in [0.25, 0.3) is 11.1 Å². The van der Waals surface area contributed by atoms with Crippen molar-refractivity contribution in [3.05, 3.63) is 47.3 Å². The first-order chi connectivity index (χ1) is 8.52. The maximum absolute atomic E-state index is 13.9. The van der Waals surface area contributed by atoms with E-state index in [0.29, 0.717) is 11.3 Å². The predicted molar refractivity (Wildman–Crippen MR) is 69.5 cm³/mol. The molecule has 0 fully saturated rings. The largest absolute Gasteiger partial charge is 0.508 e. The van der Waals surface area contributed by atoms with Crippen molar-refractivity contribution in [3.63, 3.8) is 0 Å². The molecule has 2 aromatic rings. The number of methoxy groups -OCH3 is 1. The van der Waals surface area contributed by atoms with Crippen molar-refractivity contribution in [2.75, 3.05) is 7.11 Å². The standard InChI is InChI=1S/C15H15FO2/c1-9-7-15(17)10(2)6-12(9)13-8-11(18-3)4-5-14(13)16/h4-8,17H,1-3H3. The number of benzene rings is 2. The number of ether oxygens (including phenoxy) is 1. The molecule has 0 heterocycles. The van der Waals surface area contributed by atoms with Gasteiger partial charge in [0.1, 0.15) is 17.3 Å². The Labute approximate surface area is 106 Å². The second kappa shape index (κ2) is 4.69. The van der Waals surface area contributed by atoms with Gasteiger partial charge in [-0.3, -0.25) is 0 Å². The van der Waals surface area contributed by atoms with E-state index in [0.717, 1.165) is 16.7 Å². The second-order valence-corrected chi connectivity index (χ2v) is 4.30. The molecule has 0 amide bonds. The molecule has 0 aromatic heterocycles. The Hall–Kier alpha value is -2.03. The minimum atomic E-state index is -0.302. The smallest absolute Gasteiger partial charge is 0.131 e. The third kappa shape index (κ3) is 2.16. The molecule has 3 heteroatoms. The molecule has 0 saturated carbocycles. The van der Waals surface area contributed by atoms with Gasteiger partial charge in [0, 0.05) is 5.56 Å². The van der Waals surface area contributed by atoms with Crippen molar-refractivity contribution in [2.24, 2.45) is 0 Å². The lowest BCUT2D eigenvalue weighted by atomic mass is 9.97. The lowest BCUT2D eigenvalue weighted by Gasteiger charge is -2.11. The molecule has 2 aromatic carbocycles. The molecule has 0 aliphatic rings. The Kier molecular flexibility index (Phi) is 3.24. The summed E-state index contributed by atoms with van der Waals surface area (Å²) in [7, 11) is 1.55. The normalized spacial score (nSPS) is 10.4. The zero-order chi connectivity index (χ0) is 13.3. The molecule has 0 radical (unpaired) electrons. The fraction of sp³-hybridized carbons (Fsp3) is 0.200. The number of rotatable bonds is 2. The fourth-order valence-electron chi connectivity index (χ4n) is 1.93. The van der Waals surface area contributed by atoms with Gasteiger partial charge in [-0.25, -0.2) is 4.39 Å². The van der Waals surface area contributed by atoms with Crippen LogP contribution in [0, 0.1) is 19.7 Å². The van der Waals surface area contributed by atoms with Crippen molar-refractivity contribution in [2.45, 2.75) is 13.8 Å². The van der Waals surface area contributed by atoms with Gasteiger partial charge < -0.3 is 9.84 Å². The van der Waals surface area contributed by atoms with Crippen LogP contribution in [0.4, 0.5) is 4.39 Å². The number of aryl methyl sites for hydroxylation is 2. The fourth-order valence-corrected chi connectivity index (χ4v) is 1.93. The monoisotopic (exact) mass is 246 g/mol. The zero-order valence-electron chi connectivity index (χ0n) is 10.6. The molecule has 18 heavy (non-hydrogen) atoms. The van der Waals surface area contributed by atoms with Gasteiger partial charge in [0.2, 0.25) is 0 Å². The minimum absolute atomic E-state index is 0.222. The molecule has 1 N–H and O–H groups in total. The summed E-state index contributed by atoms with van der Waals surface area (Å²) in [5.74, 6) is 0.528. The van der Waals surface area contributed by atoms with Gasteiger partial charge in [-0.1, -0.05) is 0 Å². The van der Waals surface area contributed by atoms with Crippen LogP contribution in [0.15, 0.2) is 30.3 Å². The van der Waals surface area contributed by atoms with Crippen molar-refractivity contribution in [1.82, 2.24) is 0 Å². The molecule has 0 unspecified atom stereocenters. The Balaban J connectivity index is 2.64. The van der Waals surface area contributed by atoms with Crippen LogP contribution in [0.2, 0.25) is 0 Å².